The molecule has 0 aliphatic carbocycles. The highest BCUT2D eigenvalue weighted by Gasteiger charge is 2.26. The topological polar surface area (TPSA) is 46.6 Å². The number of rotatable bonds is 7. The van der Waals surface area contributed by atoms with Gasteiger partial charge in [-0.2, -0.15) is 11.4 Å². The first-order chi connectivity index (χ1) is 11.1. The molecule has 0 aromatic heterocycles. The Morgan fingerprint density at radius 3 is 2.65 bits per heavy atom. The second kappa shape index (κ2) is 8.79. The number of benzene rings is 1. The molecular formula is C18H23NO3S. The van der Waals surface area contributed by atoms with Crippen LogP contribution in [0.25, 0.3) is 0 Å². The van der Waals surface area contributed by atoms with Crippen LogP contribution in [0.1, 0.15) is 18.9 Å². The maximum atomic E-state index is 12.1. The van der Waals surface area contributed by atoms with Gasteiger partial charge in [0.05, 0.1) is 6.54 Å². The molecule has 4 nitrogen and oxygen atoms in total. The number of hydrogen-bond donors (Lipinski definition) is 1. The highest BCUT2D eigenvalue weighted by Crippen LogP contribution is 2.20. The number of Topliss-reactive ketones (excluding diaryl/α,β-unsaturated/α-hetero) is 1. The van der Waals surface area contributed by atoms with Crippen molar-refractivity contribution in [2.45, 2.75) is 20.0 Å². The fraction of sp³-hybridized carbons (Fsp3) is 0.389. The van der Waals surface area contributed by atoms with Crippen molar-refractivity contribution in [3.05, 3.63) is 47.0 Å². The van der Waals surface area contributed by atoms with Crippen molar-refractivity contribution in [3.63, 3.8) is 0 Å². The van der Waals surface area contributed by atoms with Crippen LogP contribution in [0, 0.1) is 0 Å². The molecule has 124 valence electrons. The Morgan fingerprint density at radius 2 is 2.00 bits per heavy atom. The molecule has 0 spiro atoms. The van der Waals surface area contributed by atoms with E-state index < -0.39 is 0 Å². The number of thiol groups is 1. The summed E-state index contributed by atoms with van der Waals surface area (Å²) in [5.74, 6) is -0.165. The summed E-state index contributed by atoms with van der Waals surface area (Å²) >= 11 is 0.960. The van der Waals surface area contributed by atoms with Gasteiger partial charge in [0.15, 0.2) is 5.78 Å². The number of ether oxygens (including phenoxy) is 1. The van der Waals surface area contributed by atoms with Gasteiger partial charge < -0.3 is 4.74 Å². The molecule has 0 amide bonds. The van der Waals surface area contributed by atoms with Crippen molar-refractivity contribution >= 4 is 28.5 Å². The van der Waals surface area contributed by atoms with Crippen LogP contribution in [0.4, 0.5) is 0 Å². The first-order valence-corrected chi connectivity index (χ1v) is 9.14. The Hall–Kier alpha value is -1.72. The lowest BCUT2D eigenvalue weighted by molar-refractivity contribution is -0.146. The van der Waals surface area contributed by atoms with Gasteiger partial charge in [-0.05, 0) is 23.8 Å². The Bertz CT molecular complexity index is 622. The molecule has 1 aromatic rings. The number of hydrogen-bond acceptors (Lipinski definition) is 4. The molecular weight excluding hydrogens is 310 g/mol. The maximum absolute atomic E-state index is 12.1. The zero-order valence-corrected chi connectivity index (χ0v) is 14.5. The number of nitrogens with zero attached hydrogens (tertiary/aromatic N) is 1. The van der Waals surface area contributed by atoms with Crippen molar-refractivity contribution in [2.24, 2.45) is 0 Å². The minimum atomic E-state index is -0.254. The summed E-state index contributed by atoms with van der Waals surface area (Å²) in [6.45, 7) is 3.76. The van der Waals surface area contributed by atoms with E-state index in [1.807, 2.05) is 48.4 Å². The molecule has 2 rings (SSSR count). The van der Waals surface area contributed by atoms with Crippen molar-refractivity contribution in [1.29, 1.82) is 0 Å². The summed E-state index contributed by atoms with van der Waals surface area (Å²) in [7, 11) is 0. The van der Waals surface area contributed by atoms with Gasteiger partial charge in [0.25, 0.3) is 0 Å². The fourth-order valence-electron chi connectivity index (χ4n) is 2.61. The van der Waals surface area contributed by atoms with Crippen LogP contribution < -0.4 is 0 Å². The minimum absolute atomic E-state index is 0.0890. The molecule has 1 aliphatic heterocycles. The molecule has 1 heterocycles. The van der Waals surface area contributed by atoms with Gasteiger partial charge in [-0.25, -0.2) is 0 Å². The van der Waals surface area contributed by atoms with Gasteiger partial charge in [0, 0.05) is 24.0 Å². The molecule has 0 fully saturated rings. The molecule has 1 aliphatic rings. The second-order valence-corrected chi connectivity index (χ2v) is 6.25. The Labute approximate surface area is 141 Å². The monoisotopic (exact) mass is 333 g/mol. The Morgan fingerprint density at radius 1 is 1.26 bits per heavy atom. The smallest absolute Gasteiger partial charge is 0.320 e. The van der Waals surface area contributed by atoms with Crippen LogP contribution in [0.15, 0.2) is 41.5 Å². The van der Waals surface area contributed by atoms with Gasteiger partial charge in [-0.15, -0.1) is 0 Å². The van der Waals surface area contributed by atoms with E-state index in [4.69, 9.17) is 4.74 Å². The van der Waals surface area contributed by atoms with Gasteiger partial charge in [0.2, 0.25) is 0 Å². The minimum Gasteiger partial charge on any atom is -0.460 e. The zero-order valence-electron chi connectivity index (χ0n) is 13.6. The number of carbonyl (C=O) groups is 2. The van der Waals surface area contributed by atoms with Crippen LogP contribution in [-0.4, -0.2) is 47.9 Å². The normalized spacial score (nSPS) is 15.7. The highest BCUT2D eigenvalue weighted by atomic mass is 32.1. The fourth-order valence-corrected chi connectivity index (χ4v) is 3.00. The quantitative estimate of drug-likeness (QED) is 0.472. The third kappa shape index (κ3) is 5.15. The second-order valence-electron chi connectivity index (χ2n) is 5.48. The molecule has 0 saturated carbocycles. The lowest BCUT2D eigenvalue weighted by atomic mass is 10.1. The average molecular weight is 333 g/mol. The Kier molecular flexibility index (Phi) is 6.74. The molecule has 5 heteroatoms. The van der Waals surface area contributed by atoms with Crippen molar-refractivity contribution in [2.75, 3.05) is 25.9 Å². The lowest BCUT2D eigenvalue weighted by Crippen LogP contribution is -2.30. The van der Waals surface area contributed by atoms with E-state index in [-0.39, 0.29) is 24.9 Å². The van der Waals surface area contributed by atoms with E-state index in [9.17, 15) is 9.59 Å². The summed E-state index contributed by atoms with van der Waals surface area (Å²) in [5.41, 5.74) is 2.95. The third-order valence-electron chi connectivity index (χ3n) is 3.79. The SMILES string of the molecule is CCC1=C(C(=O)/C=[SH]/C)CN(CC(=O)OCc2ccccc2)C1. The van der Waals surface area contributed by atoms with E-state index >= 15 is 0 Å². The van der Waals surface area contributed by atoms with Crippen LogP contribution in [0.3, 0.4) is 0 Å². The van der Waals surface area contributed by atoms with Crippen LogP contribution >= 0.6 is 11.4 Å². The average Bonchev–Trinajstić information content (AvgIpc) is 2.97. The molecule has 23 heavy (non-hydrogen) atoms. The predicted molar refractivity (Wildman–Crippen MR) is 96.0 cm³/mol. The van der Waals surface area contributed by atoms with Crippen LogP contribution in [0.2, 0.25) is 0 Å². The lowest BCUT2D eigenvalue weighted by Gasteiger charge is -2.15. The van der Waals surface area contributed by atoms with E-state index in [1.54, 1.807) is 5.37 Å². The third-order valence-corrected chi connectivity index (χ3v) is 4.28. The van der Waals surface area contributed by atoms with Crippen LogP contribution in [0.5, 0.6) is 0 Å². The summed E-state index contributed by atoms with van der Waals surface area (Å²) in [6.07, 6.45) is 2.77. The molecule has 1 aromatic carbocycles. The van der Waals surface area contributed by atoms with E-state index in [0.717, 1.165) is 34.5 Å². The summed E-state index contributed by atoms with van der Waals surface area (Å²) < 4.78 is 5.31. The first-order valence-electron chi connectivity index (χ1n) is 7.73. The van der Waals surface area contributed by atoms with Gasteiger partial charge in [0.1, 0.15) is 6.61 Å². The van der Waals surface area contributed by atoms with Crippen molar-refractivity contribution in [3.8, 4) is 0 Å². The molecule has 0 atom stereocenters. The maximum Gasteiger partial charge on any atom is 0.320 e. The summed E-state index contributed by atoms with van der Waals surface area (Å²) in [6, 6.07) is 9.62. The standard InChI is InChI=1S/C18H23NO3S/c1-3-15-9-19(10-16(15)17(20)13-23-2)11-18(21)22-12-14-7-5-4-6-8-14/h4-8,13,23H,3,9-12H2,1-2H3. The van der Waals surface area contributed by atoms with Crippen molar-refractivity contribution < 1.29 is 14.3 Å². The summed E-state index contributed by atoms with van der Waals surface area (Å²) in [5, 5.41) is 1.68. The zero-order chi connectivity index (χ0) is 16.7. The van der Waals surface area contributed by atoms with Crippen molar-refractivity contribution in [1.82, 2.24) is 4.90 Å². The number of esters is 1. The molecule has 0 saturated heterocycles. The highest BCUT2D eigenvalue weighted by molar-refractivity contribution is 7.98. The van der Waals surface area contributed by atoms with E-state index in [1.165, 1.54) is 0 Å². The first kappa shape index (κ1) is 17.6. The van der Waals surface area contributed by atoms with E-state index in [2.05, 4.69) is 0 Å². The summed E-state index contributed by atoms with van der Waals surface area (Å²) in [4.78, 5) is 26.1. The van der Waals surface area contributed by atoms with Gasteiger partial charge in [-0.1, -0.05) is 37.3 Å². The van der Waals surface area contributed by atoms with E-state index in [0.29, 0.717) is 13.1 Å². The number of ketones is 1. The predicted octanol–water partition coefficient (Wildman–Crippen LogP) is 2.22. The molecule has 0 N–H and O–H groups in total. The van der Waals surface area contributed by atoms with Gasteiger partial charge in [-0.3, -0.25) is 14.5 Å². The van der Waals surface area contributed by atoms with Gasteiger partial charge >= 0.3 is 5.97 Å². The molecule has 0 unspecified atom stereocenters. The Balaban J connectivity index is 1.85. The van der Waals surface area contributed by atoms with Crippen LogP contribution in [-0.2, 0) is 20.9 Å². The largest absolute Gasteiger partial charge is 0.460 e. The molecule has 0 bridgehead atoms. The molecule has 0 radical (unpaired) electrons. The number of carbonyl (C=O) groups excluding carboxylic acids is 2.